The van der Waals surface area contributed by atoms with Gasteiger partial charge >= 0.3 is 23.9 Å². The van der Waals surface area contributed by atoms with Crippen molar-refractivity contribution in [3.05, 3.63) is 143 Å². The highest BCUT2D eigenvalue weighted by molar-refractivity contribution is 6.16. The smallest absolute Gasteiger partial charge is 0.339 e. The molecule has 238 valence electrons. The Bertz CT molecular complexity index is 2080. The minimum absolute atomic E-state index is 0.0627. The minimum atomic E-state index is -1.37. The monoisotopic (exact) mass is 642 g/mol. The lowest BCUT2D eigenvalue weighted by Gasteiger charge is -2.23. The van der Waals surface area contributed by atoms with Crippen molar-refractivity contribution in [2.45, 2.75) is 13.2 Å². The summed E-state index contributed by atoms with van der Waals surface area (Å²) in [6.07, 6.45) is 0. The Kier molecular flexibility index (Phi) is 8.46. The summed E-state index contributed by atoms with van der Waals surface area (Å²) < 4.78 is 12.6. The quantitative estimate of drug-likeness (QED) is 0.110. The molecule has 0 amide bonds. The largest absolute Gasteiger partial charge is 0.487 e. The number of benzene rings is 6. The van der Waals surface area contributed by atoms with Gasteiger partial charge in [0.15, 0.2) is 0 Å². The average molecular weight is 643 g/mol. The van der Waals surface area contributed by atoms with Gasteiger partial charge in [-0.3, -0.25) is 0 Å². The number of aromatic carboxylic acids is 4. The van der Waals surface area contributed by atoms with Crippen LogP contribution in [0.4, 0.5) is 0 Å². The van der Waals surface area contributed by atoms with Crippen molar-refractivity contribution in [2.75, 3.05) is 0 Å². The van der Waals surface area contributed by atoms with E-state index in [9.17, 15) is 39.6 Å². The number of rotatable bonds is 11. The molecule has 0 unspecified atom stereocenters. The molecule has 0 aliphatic carbocycles. The van der Waals surface area contributed by atoms with Crippen LogP contribution in [0.25, 0.3) is 32.7 Å². The Balaban J connectivity index is 1.75. The molecule has 48 heavy (non-hydrogen) atoms. The normalized spacial score (nSPS) is 10.9. The first-order valence-electron chi connectivity index (χ1n) is 14.6. The van der Waals surface area contributed by atoms with Gasteiger partial charge < -0.3 is 29.9 Å². The van der Waals surface area contributed by atoms with Crippen molar-refractivity contribution < 1.29 is 49.1 Å². The molecule has 6 rings (SSSR count). The second-order valence-electron chi connectivity index (χ2n) is 10.9. The van der Waals surface area contributed by atoms with Crippen LogP contribution in [0.5, 0.6) is 11.5 Å². The Hall–Kier alpha value is -6.68. The zero-order chi connectivity index (χ0) is 33.9. The average Bonchev–Trinajstić information content (AvgIpc) is 3.09. The number of hydrogen-bond acceptors (Lipinski definition) is 6. The molecule has 0 heterocycles. The van der Waals surface area contributed by atoms with Crippen molar-refractivity contribution in [3.8, 4) is 22.6 Å². The van der Waals surface area contributed by atoms with Crippen LogP contribution >= 0.6 is 0 Å². The fourth-order valence-corrected chi connectivity index (χ4v) is 5.62. The maximum absolute atomic E-state index is 12.8. The number of carboxylic acids is 4. The van der Waals surface area contributed by atoms with Crippen LogP contribution in [0, 0.1) is 0 Å². The van der Waals surface area contributed by atoms with Crippen LogP contribution in [0.3, 0.4) is 0 Å². The van der Waals surface area contributed by atoms with E-state index in [1.165, 1.54) is 48.5 Å². The van der Waals surface area contributed by atoms with Crippen molar-refractivity contribution in [1.29, 1.82) is 0 Å². The van der Waals surface area contributed by atoms with Crippen LogP contribution in [0.2, 0.25) is 0 Å². The van der Waals surface area contributed by atoms with Crippen molar-refractivity contribution in [2.24, 2.45) is 0 Å². The highest BCUT2D eigenvalue weighted by Gasteiger charge is 2.29. The molecule has 10 nitrogen and oxygen atoms in total. The van der Waals surface area contributed by atoms with Crippen LogP contribution < -0.4 is 9.47 Å². The van der Waals surface area contributed by atoms with E-state index in [1.807, 2.05) is 12.1 Å². The van der Waals surface area contributed by atoms with Gasteiger partial charge in [0, 0.05) is 11.1 Å². The van der Waals surface area contributed by atoms with Crippen LogP contribution in [-0.2, 0) is 13.2 Å². The van der Waals surface area contributed by atoms with Crippen LogP contribution in [0.1, 0.15) is 52.6 Å². The predicted molar refractivity (Wildman–Crippen MR) is 176 cm³/mol. The summed E-state index contributed by atoms with van der Waals surface area (Å²) in [5.41, 5.74) is 0.905. The first kappa shape index (κ1) is 31.3. The highest BCUT2D eigenvalue weighted by Crippen LogP contribution is 2.49. The third kappa shape index (κ3) is 6.10. The number of hydrogen-bond donors (Lipinski definition) is 4. The summed E-state index contributed by atoms with van der Waals surface area (Å²) >= 11 is 0. The van der Waals surface area contributed by atoms with E-state index in [0.29, 0.717) is 10.8 Å². The van der Waals surface area contributed by atoms with Gasteiger partial charge in [0.2, 0.25) is 0 Å². The van der Waals surface area contributed by atoms with E-state index in [0.717, 1.165) is 11.1 Å². The lowest BCUT2D eigenvalue weighted by Crippen LogP contribution is -2.09. The van der Waals surface area contributed by atoms with Gasteiger partial charge in [-0.15, -0.1) is 0 Å². The highest BCUT2D eigenvalue weighted by atomic mass is 16.5. The minimum Gasteiger partial charge on any atom is -0.487 e. The van der Waals surface area contributed by atoms with E-state index in [1.54, 1.807) is 48.5 Å². The Morgan fingerprint density at radius 2 is 0.833 bits per heavy atom. The van der Waals surface area contributed by atoms with Gasteiger partial charge in [-0.05, 0) is 69.1 Å². The predicted octanol–water partition coefficient (Wildman–Crippen LogP) is 7.61. The number of carbonyl (C=O) groups is 4. The van der Waals surface area contributed by atoms with Crippen molar-refractivity contribution in [3.63, 3.8) is 0 Å². The van der Waals surface area contributed by atoms with E-state index in [4.69, 9.17) is 9.47 Å². The maximum atomic E-state index is 12.8. The zero-order valence-corrected chi connectivity index (χ0v) is 25.0. The number of fused-ring (bicyclic) bond motifs is 2. The molecule has 6 aromatic carbocycles. The summed E-state index contributed by atoms with van der Waals surface area (Å²) in [4.78, 5) is 49.5. The van der Waals surface area contributed by atoms with Gasteiger partial charge in [0.25, 0.3) is 0 Å². The molecule has 0 saturated heterocycles. The van der Waals surface area contributed by atoms with E-state index < -0.39 is 23.9 Å². The SMILES string of the molecule is O=C(O)c1ccc2c(-c3c(OCc4ccccc4)c(C(=O)O)cc4cc(C(=O)O)ccc34)c(OCc3ccccc3)c(C(=O)O)cc2c1. The first-order valence-corrected chi connectivity index (χ1v) is 14.6. The maximum Gasteiger partial charge on any atom is 0.339 e. The van der Waals surface area contributed by atoms with Gasteiger partial charge in [-0.2, -0.15) is 0 Å². The molecule has 0 aliphatic rings. The van der Waals surface area contributed by atoms with Crippen LogP contribution in [0.15, 0.2) is 109 Å². The molecule has 0 atom stereocenters. The lowest BCUT2D eigenvalue weighted by molar-refractivity contribution is 0.0680. The van der Waals surface area contributed by atoms with Gasteiger partial charge in [0.1, 0.15) is 35.8 Å². The summed E-state index contributed by atoms with van der Waals surface area (Å²) in [7, 11) is 0. The van der Waals surface area contributed by atoms with Crippen molar-refractivity contribution >= 4 is 45.4 Å². The molecule has 0 aromatic heterocycles. The van der Waals surface area contributed by atoms with Crippen molar-refractivity contribution in [1.82, 2.24) is 0 Å². The molecule has 4 N–H and O–H groups in total. The van der Waals surface area contributed by atoms with Gasteiger partial charge in [-0.1, -0.05) is 72.8 Å². The van der Waals surface area contributed by atoms with E-state index in [2.05, 4.69) is 0 Å². The van der Waals surface area contributed by atoms with E-state index in [-0.39, 0.29) is 68.9 Å². The third-order valence-corrected chi connectivity index (χ3v) is 7.84. The standard InChI is InChI=1S/C38H26O10/c39-35(40)23-11-13-27-25(15-23)17-29(37(43)44)33(47-19-21-7-3-1-4-8-21)31(27)32-28-14-12-24(36(41)42)16-26(28)18-30(38(45)46)34(32)48-20-22-9-5-2-6-10-22/h1-18H,19-20H2,(H,39,40)(H,41,42)(H,43,44)(H,45,46). The first-order chi connectivity index (χ1) is 23.1. The number of carboxylic acid groups (broad SMARTS) is 4. The summed E-state index contributed by atoms with van der Waals surface area (Å²) in [6.45, 7) is -0.125. The summed E-state index contributed by atoms with van der Waals surface area (Å²) in [5.74, 6) is -5.44. The lowest BCUT2D eigenvalue weighted by atomic mass is 9.87. The Morgan fingerprint density at radius 3 is 1.17 bits per heavy atom. The molecular formula is C38H26O10. The Morgan fingerprint density at radius 1 is 0.458 bits per heavy atom. The fourth-order valence-electron chi connectivity index (χ4n) is 5.62. The summed E-state index contributed by atoms with van der Waals surface area (Å²) in [6, 6.07) is 29.0. The third-order valence-electron chi connectivity index (χ3n) is 7.84. The molecule has 0 fully saturated rings. The number of ether oxygens (including phenoxy) is 2. The molecule has 0 spiro atoms. The summed E-state index contributed by atoms with van der Waals surface area (Å²) in [5, 5.41) is 41.6. The molecule has 0 radical (unpaired) electrons. The van der Waals surface area contributed by atoms with E-state index >= 15 is 0 Å². The second-order valence-corrected chi connectivity index (χ2v) is 10.9. The van der Waals surface area contributed by atoms with Gasteiger partial charge in [0.05, 0.1) is 11.1 Å². The fraction of sp³-hybridized carbons (Fsp3) is 0.0526. The molecule has 6 aromatic rings. The molecule has 0 saturated carbocycles. The molecule has 0 bridgehead atoms. The molecular weight excluding hydrogens is 616 g/mol. The van der Waals surface area contributed by atoms with Crippen LogP contribution in [-0.4, -0.2) is 44.3 Å². The topological polar surface area (TPSA) is 168 Å². The second kappa shape index (κ2) is 13.0. The molecule has 10 heteroatoms. The Labute approximate surface area is 272 Å². The molecule has 0 aliphatic heterocycles. The zero-order valence-electron chi connectivity index (χ0n) is 25.0. The van der Waals surface area contributed by atoms with Gasteiger partial charge in [-0.25, -0.2) is 19.2 Å².